The summed E-state index contributed by atoms with van der Waals surface area (Å²) >= 11 is 0. The Hall–Kier alpha value is -0.580. The number of hydrogen-bond donors (Lipinski definition) is 0. The van der Waals surface area contributed by atoms with Crippen LogP contribution in [0.2, 0.25) is 0 Å². The van der Waals surface area contributed by atoms with Gasteiger partial charge in [-0.05, 0) is 30.4 Å². The lowest BCUT2D eigenvalue weighted by atomic mass is 9.99. The van der Waals surface area contributed by atoms with Gasteiger partial charge in [0, 0.05) is 23.9 Å². The fraction of sp³-hybridized carbons (Fsp3) is 0.455. The Morgan fingerprint density at radius 2 is 2.12 bits per heavy atom. The lowest BCUT2D eigenvalue weighted by Gasteiger charge is -2.10. The van der Waals surface area contributed by atoms with Gasteiger partial charge in [0.2, 0.25) is 0 Å². The molecule has 1 aromatic rings. The average Bonchev–Trinajstić information content (AvgIpc) is 2.70. The Balaban J connectivity index is 2.26. The topological polar surface area (TPSA) is 43.4 Å². The van der Waals surface area contributed by atoms with Crippen molar-refractivity contribution in [2.24, 2.45) is 5.92 Å². The minimum absolute atomic E-state index is 0.226. The molecule has 1 aliphatic rings. The van der Waals surface area contributed by atoms with E-state index in [1.807, 2.05) is 12.1 Å². The number of rotatable bonds is 3. The van der Waals surface area contributed by atoms with Crippen LogP contribution in [0.4, 0.5) is 0 Å². The van der Waals surface area contributed by atoms with Crippen molar-refractivity contribution in [1.29, 1.82) is 0 Å². The first kappa shape index (κ1) is 11.9. The van der Waals surface area contributed by atoms with E-state index in [4.69, 9.17) is 15.4 Å². The molecule has 1 saturated heterocycles. The first-order valence-corrected chi connectivity index (χ1v) is 7.48. The van der Waals surface area contributed by atoms with Crippen LogP contribution in [0.25, 0.3) is 0 Å². The quantitative estimate of drug-likeness (QED) is 0.783. The van der Waals surface area contributed by atoms with E-state index in [1.54, 1.807) is 12.1 Å². The van der Waals surface area contributed by atoms with E-state index < -0.39 is 9.05 Å². The Morgan fingerprint density at radius 3 is 2.75 bits per heavy atom. The molecule has 88 valence electrons. The molecule has 0 aliphatic carbocycles. The summed E-state index contributed by atoms with van der Waals surface area (Å²) in [5.41, 5.74) is 0.785. The molecule has 0 radical (unpaired) electrons. The molecule has 5 heteroatoms. The van der Waals surface area contributed by atoms with Crippen LogP contribution >= 0.6 is 10.7 Å². The first-order valence-electron chi connectivity index (χ1n) is 5.17. The molecule has 0 aromatic heterocycles. The van der Waals surface area contributed by atoms with Gasteiger partial charge in [-0.2, -0.15) is 0 Å². The zero-order chi connectivity index (χ0) is 11.6. The minimum Gasteiger partial charge on any atom is -0.381 e. The molecule has 0 N–H and O–H groups in total. The standard InChI is InChI=1S/C11H13ClO3S/c12-16(13,14)11-4-2-1-3-10(11)7-9-5-6-15-8-9/h1-4,9H,5-8H2. The Kier molecular flexibility index (Phi) is 3.52. The highest BCUT2D eigenvalue weighted by Gasteiger charge is 2.21. The third-order valence-electron chi connectivity index (χ3n) is 2.77. The summed E-state index contributed by atoms with van der Waals surface area (Å²) in [6.45, 7) is 1.47. The van der Waals surface area contributed by atoms with Crippen LogP contribution in [0.3, 0.4) is 0 Å². The summed E-state index contributed by atoms with van der Waals surface area (Å²) in [6, 6.07) is 6.88. The zero-order valence-electron chi connectivity index (χ0n) is 8.73. The van der Waals surface area contributed by atoms with Gasteiger partial charge >= 0.3 is 0 Å². The predicted octanol–water partition coefficient (Wildman–Crippen LogP) is 2.19. The summed E-state index contributed by atoms with van der Waals surface area (Å²) in [7, 11) is 1.75. The SMILES string of the molecule is O=S(=O)(Cl)c1ccccc1CC1CCOC1. The molecule has 1 fully saturated rings. The molecule has 1 atom stereocenters. The van der Waals surface area contributed by atoms with E-state index in [2.05, 4.69) is 0 Å². The molecule has 2 rings (SSSR count). The second kappa shape index (κ2) is 4.73. The van der Waals surface area contributed by atoms with Gasteiger partial charge in [-0.25, -0.2) is 8.42 Å². The van der Waals surface area contributed by atoms with E-state index >= 15 is 0 Å². The van der Waals surface area contributed by atoms with E-state index in [9.17, 15) is 8.42 Å². The van der Waals surface area contributed by atoms with Crippen LogP contribution in [0.5, 0.6) is 0 Å². The fourth-order valence-corrected chi connectivity index (χ4v) is 3.12. The van der Waals surface area contributed by atoms with Gasteiger partial charge in [0.05, 0.1) is 4.90 Å². The molecule has 1 aliphatic heterocycles. The fourth-order valence-electron chi connectivity index (χ4n) is 1.97. The van der Waals surface area contributed by atoms with Gasteiger partial charge in [0.15, 0.2) is 0 Å². The molecule has 1 aromatic carbocycles. The molecule has 1 unspecified atom stereocenters. The van der Waals surface area contributed by atoms with Gasteiger partial charge in [-0.1, -0.05) is 18.2 Å². The first-order chi connectivity index (χ1) is 7.57. The summed E-state index contributed by atoms with van der Waals surface area (Å²) < 4.78 is 28.0. The third kappa shape index (κ3) is 2.75. The zero-order valence-corrected chi connectivity index (χ0v) is 10.3. The molecule has 1 heterocycles. The van der Waals surface area contributed by atoms with Crippen LogP contribution in [-0.2, 0) is 20.2 Å². The van der Waals surface area contributed by atoms with Crippen molar-refractivity contribution < 1.29 is 13.2 Å². The van der Waals surface area contributed by atoms with Gasteiger partial charge in [0.25, 0.3) is 9.05 Å². The van der Waals surface area contributed by atoms with E-state index in [0.29, 0.717) is 18.9 Å². The van der Waals surface area contributed by atoms with Gasteiger partial charge in [-0.3, -0.25) is 0 Å². The van der Waals surface area contributed by atoms with E-state index in [1.165, 1.54) is 0 Å². The van der Waals surface area contributed by atoms with Crippen LogP contribution in [0, 0.1) is 5.92 Å². The summed E-state index contributed by atoms with van der Waals surface area (Å²) in [5, 5.41) is 0. The van der Waals surface area contributed by atoms with Crippen LogP contribution < -0.4 is 0 Å². The molecule has 0 amide bonds. The molecular formula is C11H13ClO3S. The maximum absolute atomic E-state index is 11.4. The van der Waals surface area contributed by atoms with Crippen LogP contribution in [0.1, 0.15) is 12.0 Å². The summed E-state index contributed by atoms with van der Waals surface area (Å²) in [6.07, 6.45) is 1.69. The van der Waals surface area contributed by atoms with Crippen molar-refractivity contribution in [2.75, 3.05) is 13.2 Å². The number of ether oxygens (including phenoxy) is 1. The largest absolute Gasteiger partial charge is 0.381 e. The Morgan fingerprint density at radius 1 is 1.38 bits per heavy atom. The lowest BCUT2D eigenvalue weighted by Crippen LogP contribution is -2.07. The predicted molar refractivity (Wildman–Crippen MR) is 62.1 cm³/mol. The van der Waals surface area contributed by atoms with E-state index in [0.717, 1.165) is 18.6 Å². The van der Waals surface area contributed by atoms with Crippen LogP contribution in [-0.4, -0.2) is 21.6 Å². The highest BCUT2D eigenvalue weighted by Crippen LogP contribution is 2.25. The lowest BCUT2D eigenvalue weighted by molar-refractivity contribution is 0.185. The maximum Gasteiger partial charge on any atom is 0.261 e. The average molecular weight is 261 g/mol. The number of benzene rings is 1. The minimum atomic E-state index is -3.64. The van der Waals surface area contributed by atoms with Crippen molar-refractivity contribution in [3.05, 3.63) is 29.8 Å². The van der Waals surface area contributed by atoms with Gasteiger partial charge in [0.1, 0.15) is 0 Å². The number of halogens is 1. The van der Waals surface area contributed by atoms with Crippen molar-refractivity contribution in [3.8, 4) is 0 Å². The molecule has 0 bridgehead atoms. The van der Waals surface area contributed by atoms with Crippen LogP contribution in [0.15, 0.2) is 29.2 Å². The van der Waals surface area contributed by atoms with Gasteiger partial charge < -0.3 is 4.74 Å². The Labute approximate surface area is 99.8 Å². The molecule has 16 heavy (non-hydrogen) atoms. The van der Waals surface area contributed by atoms with Crippen molar-refractivity contribution in [2.45, 2.75) is 17.7 Å². The third-order valence-corrected chi connectivity index (χ3v) is 4.19. The summed E-state index contributed by atoms with van der Waals surface area (Å²) in [5.74, 6) is 0.402. The highest BCUT2D eigenvalue weighted by atomic mass is 35.7. The van der Waals surface area contributed by atoms with Crippen molar-refractivity contribution in [3.63, 3.8) is 0 Å². The second-order valence-electron chi connectivity index (χ2n) is 3.98. The molecule has 0 spiro atoms. The second-order valence-corrected chi connectivity index (χ2v) is 6.51. The van der Waals surface area contributed by atoms with Gasteiger partial charge in [-0.15, -0.1) is 0 Å². The molecule has 0 saturated carbocycles. The molecule has 3 nitrogen and oxygen atoms in total. The smallest absolute Gasteiger partial charge is 0.261 e. The molecular weight excluding hydrogens is 248 g/mol. The summed E-state index contributed by atoms with van der Waals surface area (Å²) in [4.78, 5) is 0.226. The number of hydrogen-bond acceptors (Lipinski definition) is 3. The van der Waals surface area contributed by atoms with E-state index in [-0.39, 0.29) is 4.90 Å². The normalized spacial score (nSPS) is 21.2. The highest BCUT2D eigenvalue weighted by molar-refractivity contribution is 8.13. The Bertz CT molecular complexity index is 464. The monoisotopic (exact) mass is 260 g/mol. The van der Waals surface area contributed by atoms with Crippen molar-refractivity contribution in [1.82, 2.24) is 0 Å². The van der Waals surface area contributed by atoms with Crippen molar-refractivity contribution >= 4 is 19.7 Å². The maximum atomic E-state index is 11.4.